The quantitative estimate of drug-likeness (QED) is 0.217. The van der Waals surface area contributed by atoms with Crippen LogP contribution >= 0.6 is 11.8 Å². The summed E-state index contributed by atoms with van der Waals surface area (Å²) in [5, 5.41) is 1.84. The molecular formula is C31H28N2O2S. The minimum Gasteiger partial charge on any atom is -0.402 e. The first kappa shape index (κ1) is 24.0. The van der Waals surface area contributed by atoms with Crippen molar-refractivity contribution in [2.45, 2.75) is 50.0 Å². The van der Waals surface area contributed by atoms with Gasteiger partial charge in [-0.05, 0) is 66.8 Å². The zero-order chi connectivity index (χ0) is 25.4. The van der Waals surface area contributed by atoms with Crippen LogP contribution in [-0.4, -0.2) is 16.9 Å². The van der Waals surface area contributed by atoms with E-state index in [2.05, 4.69) is 88.1 Å². The van der Waals surface area contributed by atoms with Gasteiger partial charge in [0.25, 0.3) is 0 Å². The molecule has 1 aliphatic heterocycles. The predicted molar refractivity (Wildman–Crippen MR) is 148 cm³/mol. The number of hydrogen-bond acceptors (Lipinski definition) is 5. The number of fused-ring (bicyclic) bond motifs is 1. The standard InChI is InChI=1S/C31H28N2O2S/c1-19-9-15-25(16-10-19)36-29-23(17-22-8-6-7-20(2)27(22)33-29)18-26-30(34)35-28(32-26)21-11-13-24(14-12-21)31(3,4)5/h6-18H,1-5H3. The van der Waals surface area contributed by atoms with Crippen molar-refractivity contribution in [3.63, 3.8) is 0 Å². The summed E-state index contributed by atoms with van der Waals surface area (Å²) in [5.74, 6) is -0.135. The number of pyridine rings is 1. The van der Waals surface area contributed by atoms with Crippen LogP contribution in [0.15, 0.2) is 93.4 Å². The number of benzene rings is 3. The molecule has 4 nitrogen and oxygen atoms in total. The van der Waals surface area contributed by atoms with E-state index >= 15 is 0 Å². The van der Waals surface area contributed by atoms with E-state index in [0.29, 0.717) is 5.90 Å². The summed E-state index contributed by atoms with van der Waals surface area (Å²) in [7, 11) is 0. The molecular weight excluding hydrogens is 464 g/mol. The van der Waals surface area contributed by atoms with Crippen LogP contribution in [0.2, 0.25) is 0 Å². The molecule has 0 fully saturated rings. The number of rotatable bonds is 4. The van der Waals surface area contributed by atoms with Gasteiger partial charge >= 0.3 is 5.97 Å². The lowest BCUT2D eigenvalue weighted by Gasteiger charge is -2.18. The molecule has 0 saturated heterocycles. The lowest BCUT2D eigenvalue weighted by molar-refractivity contribution is -0.129. The van der Waals surface area contributed by atoms with Crippen LogP contribution in [0.1, 0.15) is 48.6 Å². The van der Waals surface area contributed by atoms with E-state index in [1.807, 2.05) is 24.3 Å². The molecule has 180 valence electrons. The van der Waals surface area contributed by atoms with Crippen molar-refractivity contribution in [3.8, 4) is 0 Å². The third-order valence-electron chi connectivity index (χ3n) is 6.19. The van der Waals surface area contributed by atoms with Crippen molar-refractivity contribution >= 4 is 40.6 Å². The number of hydrogen-bond donors (Lipinski definition) is 0. The number of carbonyl (C=O) groups is 1. The Morgan fingerprint density at radius 2 is 1.64 bits per heavy atom. The molecule has 4 aromatic rings. The van der Waals surface area contributed by atoms with E-state index < -0.39 is 5.97 Å². The van der Waals surface area contributed by atoms with Crippen LogP contribution in [0.3, 0.4) is 0 Å². The van der Waals surface area contributed by atoms with Crippen molar-refractivity contribution in [1.29, 1.82) is 0 Å². The van der Waals surface area contributed by atoms with Gasteiger partial charge in [0.1, 0.15) is 5.03 Å². The van der Waals surface area contributed by atoms with Gasteiger partial charge in [0, 0.05) is 21.4 Å². The van der Waals surface area contributed by atoms with Gasteiger partial charge in [0.05, 0.1) is 5.52 Å². The average molecular weight is 493 g/mol. The van der Waals surface area contributed by atoms with E-state index in [-0.39, 0.29) is 11.1 Å². The molecule has 0 saturated carbocycles. The first-order chi connectivity index (χ1) is 17.2. The lowest BCUT2D eigenvalue weighted by atomic mass is 9.87. The first-order valence-electron chi connectivity index (χ1n) is 12.0. The van der Waals surface area contributed by atoms with Crippen molar-refractivity contribution in [2.24, 2.45) is 4.99 Å². The number of para-hydroxylation sites is 1. The van der Waals surface area contributed by atoms with E-state index in [4.69, 9.17) is 9.72 Å². The Labute approximate surface area is 216 Å². The van der Waals surface area contributed by atoms with Crippen LogP contribution in [0.5, 0.6) is 0 Å². The molecule has 2 heterocycles. The second-order valence-electron chi connectivity index (χ2n) is 10.1. The Balaban J connectivity index is 1.55. The molecule has 1 aromatic heterocycles. The van der Waals surface area contributed by atoms with Crippen molar-refractivity contribution in [3.05, 3.63) is 106 Å². The van der Waals surface area contributed by atoms with Gasteiger partial charge in [-0.1, -0.05) is 80.6 Å². The van der Waals surface area contributed by atoms with E-state index in [1.54, 1.807) is 17.8 Å². The molecule has 1 aliphatic rings. The highest BCUT2D eigenvalue weighted by molar-refractivity contribution is 7.99. The second kappa shape index (κ2) is 9.40. The van der Waals surface area contributed by atoms with Crippen molar-refractivity contribution < 1.29 is 9.53 Å². The normalized spacial score (nSPS) is 14.9. The molecule has 0 atom stereocenters. The number of cyclic esters (lactones) is 1. The van der Waals surface area contributed by atoms with E-state index in [0.717, 1.165) is 37.5 Å². The fourth-order valence-corrected chi connectivity index (χ4v) is 4.91. The van der Waals surface area contributed by atoms with Crippen LogP contribution in [0.4, 0.5) is 0 Å². The van der Waals surface area contributed by atoms with Gasteiger partial charge in [0.2, 0.25) is 5.90 Å². The third-order valence-corrected chi connectivity index (χ3v) is 7.21. The first-order valence-corrected chi connectivity index (χ1v) is 12.8. The number of nitrogens with zero attached hydrogens (tertiary/aromatic N) is 2. The van der Waals surface area contributed by atoms with Gasteiger partial charge in [0.15, 0.2) is 5.70 Å². The molecule has 36 heavy (non-hydrogen) atoms. The molecule has 0 radical (unpaired) electrons. The molecule has 0 amide bonds. The Kier molecular flexibility index (Phi) is 6.27. The van der Waals surface area contributed by atoms with Gasteiger partial charge in [-0.15, -0.1) is 0 Å². The van der Waals surface area contributed by atoms with Gasteiger partial charge < -0.3 is 4.74 Å². The summed E-state index contributed by atoms with van der Waals surface area (Å²) in [6, 6.07) is 24.5. The topological polar surface area (TPSA) is 51.6 Å². The average Bonchev–Trinajstić information content (AvgIpc) is 3.21. The zero-order valence-corrected chi connectivity index (χ0v) is 21.9. The van der Waals surface area contributed by atoms with Crippen LogP contribution in [0.25, 0.3) is 17.0 Å². The highest BCUT2D eigenvalue weighted by atomic mass is 32.2. The predicted octanol–water partition coefficient (Wildman–Crippen LogP) is 7.64. The van der Waals surface area contributed by atoms with Crippen molar-refractivity contribution in [2.75, 3.05) is 0 Å². The molecule has 0 unspecified atom stereocenters. The Morgan fingerprint density at radius 1 is 0.917 bits per heavy atom. The number of aryl methyl sites for hydroxylation is 2. The summed E-state index contributed by atoms with van der Waals surface area (Å²) in [5.41, 5.74) is 6.40. The Morgan fingerprint density at radius 3 is 2.33 bits per heavy atom. The molecule has 0 aliphatic carbocycles. The number of aromatic nitrogens is 1. The molecule has 5 rings (SSSR count). The van der Waals surface area contributed by atoms with E-state index in [1.165, 1.54) is 11.1 Å². The van der Waals surface area contributed by atoms with Crippen molar-refractivity contribution in [1.82, 2.24) is 4.98 Å². The Hall–Kier alpha value is -3.70. The van der Waals surface area contributed by atoms with Crippen LogP contribution in [0, 0.1) is 13.8 Å². The summed E-state index contributed by atoms with van der Waals surface area (Å²) in [4.78, 5) is 23.4. The maximum atomic E-state index is 12.8. The minimum atomic E-state index is -0.458. The summed E-state index contributed by atoms with van der Waals surface area (Å²) in [6.07, 6.45) is 1.78. The zero-order valence-electron chi connectivity index (χ0n) is 21.1. The summed E-state index contributed by atoms with van der Waals surface area (Å²) < 4.78 is 5.55. The van der Waals surface area contributed by atoms with Gasteiger partial charge in [-0.25, -0.2) is 14.8 Å². The summed E-state index contributed by atoms with van der Waals surface area (Å²) in [6.45, 7) is 10.6. The smallest absolute Gasteiger partial charge is 0.363 e. The van der Waals surface area contributed by atoms with E-state index in [9.17, 15) is 4.79 Å². The van der Waals surface area contributed by atoms with Crippen LogP contribution in [-0.2, 0) is 14.9 Å². The SMILES string of the molecule is Cc1ccc(Sc2nc3c(C)cccc3cc2C=C2N=C(c3ccc(C(C)(C)C)cc3)OC2=O)cc1. The molecule has 0 spiro atoms. The Bertz CT molecular complexity index is 1530. The fourth-order valence-electron chi connectivity index (χ4n) is 4.04. The lowest BCUT2D eigenvalue weighted by Crippen LogP contribution is -2.11. The molecule has 0 bridgehead atoms. The molecule has 3 aromatic carbocycles. The largest absolute Gasteiger partial charge is 0.402 e. The second-order valence-corrected chi connectivity index (χ2v) is 11.2. The monoisotopic (exact) mass is 492 g/mol. The fraction of sp³-hybridized carbons (Fsp3) is 0.194. The highest BCUT2D eigenvalue weighted by Gasteiger charge is 2.25. The number of carbonyl (C=O) groups excluding carboxylic acids is 1. The molecule has 0 N–H and O–H groups in total. The van der Waals surface area contributed by atoms with Gasteiger partial charge in [-0.3, -0.25) is 0 Å². The van der Waals surface area contributed by atoms with Gasteiger partial charge in [-0.2, -0.15) is 0 Å². The maximum absolute atomic E-state index is 12.8. The highest BCUT2D eigenvalue weighted by Crippen LogP contribution is 2.34. The number of esters is 1. The number of aliphatic imine (C=N–C) groups is 1. The molecule has 5 heteroatoms. The summed E-state index contributed by atoms with van der Waals surface area (Å²) >= 11 is 1.58. The minimum absolute atomic E-state index is 0.0463. The third kappa shape index (κ3) is 4.98. The number of ether oxygens (including phenoxy) is 1. The van der Waals surface area contributed by atoms with Crippen LogP contribution < -0.4 is 0 Å². The maximum Gasteiger partial charge on any atom is 0.363 e.